The molecule has 0 aliphatic heterocycles. The highest BCUT2D eigenvalue weighted by atomic mass is 35.5. The minimum Gasteiger partial charge on any atom is -0.481 e. The number of rotatable bonds is 7. The lowest BCUT2D eigenvalue weighted by atomic mass is 10.1. The molecule has 3 aromatic carbocycles. The number of hydrogen-bond acceptors (Lipinski definition) is 5. The van der Waals surface area contributed by atoms with Gasteiger partial charge in [-0.3, -0.25) is 4.79 Å². The van der Waals surface area contributed by atoms with Gasteiger partial charge in [0, 0.05) is 11.3 Å². The topological polar surface area (TPSA) is 88.4 Å². The van der Waals surface area contributed by atoms with Gasteiger partial charge in [-0.2, -0.15) is 5.26 Å². The van der Waals surface area contributed by atoms with E-state index in [1.165, 1.54) is 18.2 Å². The molecule has 0 aromatic heterocycles. The van der Waals surface area contributed by atoms with Crippen LogP contribution in [0, 0.1) is 11.3 Å². The Labute approximate surface area is 178 Å². The van der Waals surface area contributed by atoms with Gasteiger partial charge < -0.3 is 14.8 Å². The summed E-state index contributed by atoms with van der Waals surface area (Å²) >= 11 is 5.92. The molecule has 0 fully saturated rings. The van der Waals surface area contributed by atoms with Crippen LogP contribution in [0.4, 0.5) is 5.69 Å². The zero-order valence-electron chi connectivity index (χ0n) is 15.8. The fourth-order valence-corrected chi connectivity index (χ4v) is 2.88. The highest BCUT2D eigenvalue weighted by Gasteiger charge is 2.12. The molecule has 0 unspecified atom stereocenters. The van der Waals surface area contributed by atoms with Crippen molar-refractivity contribution in [3.05, 3.63) is 83.4 Å². The van der Waals surface area contributed by atoms with Gasteiger partial charge in [0.25, 0.3) is 5.91 Å². The largest absolute Gasteiger partial charge is 0.481 e. The third-order valence-electron chi connectivity index (χ3n) is 4.05. The zero-order valence-corrected chi connectivity index (χ0v) is 16.6. The van der Waals surface area contributed by atoms with Gasteiger partial charge in [0.1, 0.15) is 11.8 Å². The molecule has 30 heavy (non-hydrogen) atoms. The van der Waals surface area contributed by atoms with Crippen LogP contribution >= 0.6 is 11.6 Å². The Morgan fingerprint density at radius 2 is 1.70 bits per heavy atom. The second-order valence-corrected chi connectivity index (χ2v) is 6.57. The van der Waals surface area contributed by atoms with Crippen LogP contribution in [0.25, 0.3) is 11.1 Å². The van der Waals surface area contributed by atoms with Gasteiger partial charge in [-0.15, -0.1) is 0 Å². The number of para-hydroxylation sites is 1. The Bertz CT molecular complexity index is 1090. The average molecular weight is 421 g/mol. The van der Waals surface area contributed by atoms with Crippen molar-refractivity contribution in [2.24, 2.45) is 0 Å². The quantitative estimate of drug-likeness (QED) is 0.571. The third kappa shape index (κ3) is 5.60. The number of halogens is 1. The molecule has 1 N–H and O–H groups in total. The SMILES string of the molecule is N#Cc1ccc(NC(=O)COC(=O)COc2ccccc2-c2ccccc2)cc1Cl. The number of nitriles is 1. The lowest BCUT2D eigenvalue weighted by molar-refractivity contribution is -0.149. The zero-order chi connectivity index (χ0) is 21.3. The van der Waals surface area contributed by atoms with Crippen LogP contribution in [0.15, 0.2) is 72.8 Å². The van der Waals surface area contributed by atoms with Crippen molar-refractivity contribution in [2.45, 2.75) is 0 Å². The van der Waals surface area contributed by atoms with Gasteiger partial charge in [0.15, 0.2) is 13.2 Å². The first-order valence-corrected chi connectivity index (χ1v) is 9.37. The molecule has 0 atom stereocenters. The van der Waals surface area contributed by atoms with Crippen LogP contribution in [0.5, 0.6) is 5.75 Å². The smallest absolute Gasteiger partial charge is 0.344 e. The molecule has 0 aliphatic rings. The molecule has 0 saturated heterocycles. The number of esters is 1. The Morgan fingerprint density at radius 3 is 2.43 bits per heavy atom. The maximum absolute atomic E-state index is 12.0. The second-order valence-electron chi connectivity index (χ2n) is 6.17. The van der Waals surface area contributed by atoms with Crippen molar-refractivity contribution in [3.63, 3.8) is 0 Å². The minimum atomic E-state index is -0.675. The summed E-state index contributed by atoms with van der Waals surface area (Å²) in [6, 6.07) is 23.4. The highest BCUT2D eigenvalue weighted by Crippen LogP contribution is 2.29. The molecule has 7 heteroatoms. The van der Waals surface area contributed by atoms with Crippen LogP contribution < -0.4 is 10.1 Å². The monoisotopic (exact) mass is 420 g/mol. The van der Waals surface area contributed by atoms with Crippen molar-refractivity contribution in [3.8, 4) is 22.9 Å². The Balaban J connectivity index is 1.51. The summed E-state index contributed by atoms with van der Waals surface area (Å²) in [7, 11) is 0. The number of hydrogen-bond donors (Lipinski definition) is 1. The van der Waals surface area contributed by atoms with Crippen molar-refractivity contribution < 1.29 is 19.1 Å². The lowest BCUT2D eigenvalue weighted by Crippen LogP contribution is -2.23. The van der Waals surface area contributed by atoms with Crippen LogP contribution in [0.2, 0.25) is 5.02 Å². The number of anilines is 1. The van der Waals surface area contributed by atoms with E-state index in [1.54, 1.807) is 6.07 Å². The summed E-state index contributed by atoms with van der Waals surface area (Å²) in [6.45, 7) is -0.806. The molecule has 0 bridgehead atoms. The molecule has 150 valence electrons. The van der Waals surface area contributed by atoms with E-state index in [-0.39, 0.29) is 11.6 Å². The van der Waals surface area contributed by atoms with Gasteiger partial charge in [-0.25, -0.2) is 4.79 Å². The average Bonchev–Trinajstić information content (AvgIpc) is 2.77. The lowest BCUT2D eigenvalue weighted by Gasteiger charge is -2.11. The number of nitrogens with one attached hydrogen (secondary N) is 1. The summed E-state index contributed by atoms with van der Waals surface area (Å²) in [6.07, 6.45) is 0. The molecule has 0 saturated carbocycles. The van der Waals surface area contributed by atoms with Gasteiger partial charge in [0.05, 0.1) is 10.6 Å². The van der Waals surface area contributed by atoms with Crippen molar-refractivity contribution in [2.75, 3.05) is 18.5 Å². The van der Waals surface area contributed by atoms with Gasteiger partial charge in [-0.1, -0.05) is 60.1 Å². The maximum atomic E-state index is 12.0. The van der Waals surface area contributed by atoms with Gasteiger partial charge in [0.2, 0.25) is 0 Å². The number of carbonyl (C=O) groups is 2. The van der Waals surface area contributed by atoms with E-state index in [0.717, 1.165) is 11.1 Å². The van der Waals surface area contributed by atoms with Crippen LogP contribution in [0.3, 0.4) is 0 Å². The van der Waals surface area contributed by atoms with E-state index < -0.39 is 18.5 Å². The molecule has 0 aliphatic carbocycles. The second kappa shape index (κ2) is 10.1. The summed E-state index contributed by atoms with van der Waals surface area (Å²) in [5.74, 6) is -0.669. The fraction of sp³-hybridized carbons (Fsp3) is 0.0870. The van der Waals surface area contributed by atoms with Crippen LogP contribution in [0.1, 0.15) is 5.56 Å². The van der Waals surface area contributed by atoms with Gasteiger partial charge in [-0.05, 0) is 29.8 Å². The van der Waals surface area contributed by atoms with E-state index in [1.807, 2.05) is 54.6 Å². The number of benzene rings is 3. The standard InChI is InChI=1S/C23H17ClN2O4/c24-20-12-18(11-10-17(20)13-25)26-22(27)14-30-23(28)15-29-21-9-5-4-8-19(21)16-6-2-1-3-7-16/h1-12H,14-15H2,(H,26,27). The molecule has 1 amide bonds. The van der Waals surface area contributed by atoms with E-state index in [9.17, 15) is 9.59 Å². The Kier molecular flexibility index (Phi) is 7.04. The Morgan fingerprint density at radius 1 is 0.967 bits per heavy atom. The molecule has 3 rings (SSSR count). The van der Waals surface area contributed by atoms with E-state index >= 15 is 0 Å². The highest BCUT2D eigenvalue weighted by molar-refractivity contribution is 6.32. The first kappa shape index (κ1) is 20.9. The molecule has 0 spiro atoms. The fourth-order valence-electron chi connectivity index (χ4n) is 2.65. The summed E-state index contributed by atoms with van der Waals surface area (Å²) < 4.78 is 10.5. The van der Waals surface area contributed by atoms with E-state index in [0.29, 0.717) is 17.0 Å². The molecular formula is C23H17ClN2O4. The summed E-state index contributed by atoms with van der Waals surface area (Å²) in [5, 5.41) is 11.6. The maximum Gasteiger partial charge on any atom is 0.344 e. The number of amides is 1. The molecule has 0 radical (unpaired) electrons. The van der Waals surface area contributed by atoms with Crippen molar-refractivity contribution in [1.82, 2.24) is 0 Å². The predicted octanol–water partition coefficient (Wildman–Crippen LogP) is 4.44. The van der Waals surface area contributed by atoms with Crippen LogP contribution in [-0.4, -0.2) is 25.1 Å². The van der Waals surface area contributed by atoms with Crippen molar-refractivity contribution in [1.29, 1.82) is 5.26 Å². The first-order valence-electron chi connectivity index (χ1n) is 8.99. The molecule has 3 aromatic rings. The third-order valence-corrected chi connectivity index (χ3v) is 4.37. The van der Waals surface area contributed by atoms with Crippen molar-refractivity contribution >= 4 is 29.2 Å². The normalized spacial score (nSPS) is 10.0. The Hall–Kier alpha value is -3.82. The molecular weight excluding hydrogens is 404 g/mol. The van der Waals surface area contributed by atoms with E-state index in [2.05, 4.69) is 5.32 Å². The van der Waals surface area contributed by atoms with Gasteiger partial charge >= 0.3 is 5.97 Å². The predicted molar refractivity (Wildman–Crippen MR) is 113 cm³/mol. The summed E-state index contributed by atoms with van der Waals surface area (Å²) in [5.41, 5.74) is 2.50. The number of nitrogens with zero attached hydrogens (tertiary/aromatic N) is 1. The number of carbonyl (C=O) groups excluding carboxylic acids is 2. The van der Waals surface area contributed by atoms with Crippen LogP contribution in [-0.2, 0) is 14.3 Å². The minimum absolute atomic E-state index is 0.220. The molecule has 6 nitrogen and oxygen atoms in total. The number of ether oxygens (including phenoxy) is 2. The van der Waals surface area contributed by atoms with E-state index in [4.69, 9.17) is 26.3 Å². The summed E-state index contributed by atoms with van der Waals surface area (Å²) in [4.78, 5) is 23.9. The first-order chi connectivity index (χ1) is 14.6. The molecule has 0 heterocycles.